The van der Waals surface area contributed by atoms with Crippen molar-refractivity contribution < 1.29 is 22.7 Å². The van der Waals surface area contributed by atoms with Crippen molar-refractivity contribution >= 4 is 21.6 Å². The van der Waals surface area contributed by atoms with Crippen LogP contribution in [-0.2, 0) is 10.0 Å². The van der Waals surface area contributed by atoms with Crippen LogP contribution < -0.4 is 9.46 Å². The summed E-state index contributed by atoms with van der Waals surface area (Å²) >= 11 is 6.15. The fraction of sp³-hybridized carbons (Fsp3) is 0.520. The molecule has 9 heteroatoms. The van der Waals surface area contributed by atoms with E-state index in [-0.39, 0.29) is 17.5 Å². The van der Waals surface area contributed by atoms with Crippen LogP contribution in [0.3, 0.4) is 0 Å². The summed E-state index contributed by atoms with van der Waals surface area (Å²) in [6, 6.07) is 11.1. The quantitative estimate of drug-likeness (QED) is 0.476. The Hall–Kier alpha value is -1.71. The number of nitrogens with one attached hydrogen (secondary N) is 1. The van der Waals surface area contributed by atoms with Crippen molar-refractivity contribution in [2.45, 2.75) is 50.8 Å². The predicted octanol–water partition coefficient (Wildman–Crippen LogP) is 4.75. The Morgan fingerprint density at radius 2 is 1.91 bits per heavy atom. The van der Waals surface area contributed by atoms with E-state index in [4.69, 9.17) is 16.3 Å². The Kier molecular flexibility index (Phi) is 7.84. The number of nitrogens with zero attached hydrogens (tertiary/aromatic N) is 1. The molecule has 2 atom stereocenters. The molecular weight excluding hydrogens is 479 g/mol. The Labute approximate surface area is 206 Å². The maximum atomic E-state index is 14.7. The summed E-state index contributed by atoms with van der Waals surface area (Å²) in [5.74, 6) is 0.425. The van der Waals surface area contributed by atoms with Gasteiger partial charge in [0, 0.05) is 22.7 Å². The van der Waals surface area contributed by atoms with Crippen LogP contribution in [0.25, 0.3) is 0 Å². The minimum Gasteiger partial charge on any atom is -0.493 e. The topological polar surface area (TPSA) is 78.9 Å². The highest BCUT2D eigenvalue weighted by Crippen LogP contribution is 2.46. The summed E-state index contributed by atoms with van der Waals surface area (Å²) < 4.78 is 45.7. The Morgan fingerprint density at radius 3 is 2.53 bits per heavy atom. The normalized spacial score (nSPS) is 19.7. The largest absolute Gasteiger partial charge is 0.493 e. The van der Waals surface area contributed by atoms with Gasteiger partial charge in [0.05, 0.1) is 12.9 Å². The average molecular weight is 511 g/mol. The highest BCUT2D eigenvalue weighted by Gasteiger charge is 2.31. The lowest BCUT2D eigenvalue weighted by atomic mass is 9.95. The number of sulfonamides is 1. The van der Waals surface area contributed by atoms with E-state index in [1.54, 1.807) is 6.07 Å². The van der Waals surface area contributed by atoms with Gasteiger partial charge in [-0.15, -0.1) is 0 Å². The smallest absolute Gasteiger partial charge is 0.211 e. The van der Waals surface area contributed by atoms with E-state index in [1.807, 2.05) is 22.9 Å². The average Bonchev–Trinajstić information content (AvgIpc) is 3.61. The number of hydrogen-bond acceptors (Lipinski definition) is 5. The number of ether oxygens (including phenoxy) is 1. The number of aliphatic hydroxyl groups excluding tert-OH is 1. The first-order valence-corrected chi connectivity index (χ1v) is 14.0. The molecular formula is C25H32ClFN2O4S. The molecule has 2 aliphatic rings. The molecule has 1 aliphatic carbocycles. The number of hydrogen-bond donors (Lipinski definition) is 2. The molecule has 2 aromatic rings. The monoisotopic (exact) mass is 510 g/mol. The van der Waals surface area contributed by atoms with E-state index in [9.17, 15) is 17.9 Å². The van der Waals surface area contributed by atoms with Gasteiger partial charge in [-0.2, -0.15) is 4.72 Å². The molecule has 1 aliphatic heterocycles. The number of halogens is 2. The maximum Gasteiger partial charge on any atom is 0.211 e. The molecule has 186 valence electrons. The third-order valence-electron chi connectivity index (χ3n) is 6.77. The molecule has 2 unspecified atom stereocenters. The molecule has 0 radical (unpaired) electrons. The number of piperidine rings is 1. The molecule has 34 heavy (non-hydrogen) atoms. The molecule has 0 spiro atoms. The van der Waals surface area contributed by atoms with E-state index in [0.717, 1.165) is 55.6 Å². The molecule has 0 amide bonds. The Balaban J connectivity index is 1.37. The maximum absolute atomic E-state index is 14.7. The van der Waals surface area contributed by atoms with E-state index >= 15 is 0 Å². The van der Waals surface area contributed by atoms with Gasteiger partial charge < -0.3 is 9.84 Å². The van der Waals surface area contributed by atoms with E-state index < -0.39 is 22.1 Å². The lowest BCUT2D eigenvalue weighted by Crippen LogP contribution is -2.37. The number of benzene rings is 2. The summed E-state index contributed by atoms with van der Waals surface area (Å²) in [6.07, 6.45) is 3.21. The van der Waals surface area contributed by atoms with Crippen LogP contribution in [0.4, 0.5) is 4.39 Å². The van der Waals surface area contributed by atoms with Crippen molar-refractivity contribution in [2.75, 3.05) is 26.0 Å². The van der Waals surface area contributed by atoms with Crippen molar-refractivity contribution in [3.8, 4) is 5.75 Å². The van der Waals surface area contributed by atoms with Gasteiger partial charge in [0.25, 0.3) is 0 Å². The number of rotatable bonds is 9. The molecule has 2 N–H and O–H groups in total. The molecule has 2 aromatic carbocycles. The second kappa shape index (κ2) is 10.5. The molecule has 1 saturated carbocycles. The Bertz CT molecular complexity index is 1120. The SMILES string of the molecule is CC(c1cccc(Cl)c1)N1CCC(COc2cc(F)c(C(O)NS(C)(=O)=O)cc2C2CC2)CC1. The number of likely N-dealkylation sites (tertiary alicyclic amines) is 1. The zero-order chi connectivity index (χ0) is 24.5. The molecule has 1 heterocycles. The van der Waals surface area contributed by atoms with Gasteiger partial charge in [-0.1, -0.05) is 23.7 Å². The summed E-state index contributed by atoms with van der Waals surface area (Å²) in [6.45, 7) is 4.60. The third kappa shape index (κ3) is 6.49. The lowest BCUT2D eigenvalue weighted by molar-refractivity contribution is 0.112. The summed E-state index contributed by atoms with van der Waals surface area (Å²) in [7, 11) is -3.68. The Morgan fingerprint density at radius 1 is 1.21 bits per heavy atom. The van der Waals surface area contributed by atoms with Crippen LogP contribution in [-0.4, -0.2) is 44.4 Å². The van der Waals surface area contributed by atoms with Crippen molar-refractivity contribution in [3.63, 3.8) is 0 Å². The molecule has 1 saturated heterocycles. The van der Waals surface area contributed by atoms with Gasteiger partial charge in [-0.05, 0) is 86.9 Å². The van der Waals surface area contributed by atoms with Crippen molar-refractivity contribution in [1.82, 2.24) is 9.62 Å². The van der Waals surface area contributed by atoms with Crippen LogP contribution >= 0.6 is 11.6 Å². The highest BCUT2D eigenvalue weighted by molar-refractivity contribution is 7.88. The van der Waals surface area contributed by atoms with Gasteiger partial charge >= 0.3 is 0 Å². The van der Waals surface area contributed by atoms with Crippen LogP contribution in [0.2, 0.25) is 5.02 Å². The van der Waals surface area contributed by atoms with Crippen LogP contribution in [0.15, 0.2) is 36.4 Å². The van der Waals surface area contributed by atoms with Crippen molar-refractivity contribution in [1.29, 1.82) is 0 Å². The van der Waals surface area contributed by atoms with E-state index in [2.05, 4.69) is 17.9 Å². The molecule has 4 rings (SSSR count). The first-order chi connectivity index (χ1) is 16.1. The van der Waals surface area contributed by atoms with Crippen LogP contribution in [0.1, 0.15) is 67.5 Å². The van der Waals surface area contributed by atoms with Gasteiger partial charge in [-0.3, -0.25) is 4.90 Å². The van der Waals surface area contributed by atoms with E-state index in [0.29, 0.717) is 18.3 Å². The minimum absolute atomic E-state index is 0.0806. The van der Waals surface area contributed by atoms with Gasteiger partial charge in [0.15, 0.2) is 0 Å². The van der Waals surface area contributed by atoms with E-state index in [1.165, 1.54) is 11.6 Å². The second-order valence-electron chi connectivity index (χ2n) is 9.50. The molecule has 6 nitrogen and oxygen atoms in total. The van der Waals surface area contributed by atoms with Crippen LogP contribution in [0, 0.1) is 11.7 Å². The molecule has 0 aromatic heterocycles. The van der Waals surface area contributed by atoms with Crippen molar-refractivity contribution in [3.05, 3.63) is 63.9 Å². The summed E-state index contributed by atoms with van der Waals surface area (Å²) in [5.41, 5.74) is 1.96. The third-order valence-corrected chi connectivity index (χ3v) is 7.66. The summed E-state index contributed by atoms with van der Waals surface area (Å²) in [4.78, 5) is 2.45. The minimum atomic E-state index is -3.68. The second-order valence-corrected chi connectivity index (χ2v) is 11.7. The predicted molar refractivity (Wildman–Crippen MR) is 131 cm³/mol. The van der Waals surface area contributed by atoms with Crippen LogP contribution in [0.5, 0.6) is 5.75 Å². The fourth-order valence-corrected chi connectivity index (χ4v) is 5.33. The van der Waals surface area contributed by atoms with Crippen molar-refractivity contribution in [2.24, 2.45) is 5.92 Å². The molecule has 2 fully saturated rings. The van der Waals surface area contributed by atoms with Gasteiger partial charge in [0.1, 0.15) is 17.8 Å². The number of aliphatic hydroxyl groups is 1. The zero-order valence-corrected chi connectivity index (χ0v) is 21.1. The highest BCUT2D eigenvalue weighted by atomic mass is 35.5. The lowest BCUT2D eigenvalue weighted by Gasteiger charge is -2.36. The summed E-state index contributed by atoms with van der Waals surface area (Å²) in [5, 5.41) is 10.9. The molecule has 0 bridgehead atoms. The fourth-order valence-electron chi connectivity index (χ4n) is 4.60. The standard InChI is InChI=1S/C25H32ClFN2O4S/c1-16(19-4-3-5-20(26)12-19)29-10-8-17(9-11-29)15-33-24-14-23(27)22(13-21(24)18-6-7-18)25(30)28-34(2,31)32/h3-5,12-14,16-18,25,28,30H,6-11,15H2,1-2H3. The first kappa shape index (κ1) is 25.4. The van der Waals surface area contributed by atoms with Gasteiger partial charge in [-0.25, -0.2) is 12.8 Å². The zero-order valence-electron chi connectivity index (χ0n) is 19.5. The van der Waals surface area contributed by atoms with Gasteiger partial charge in [0.2, 0.25) is 10.0 Å². The first-order valence-electron chi connectivity index (χ1n) is 11.7.